The molecule has 1 fully saturated rings. The lowest BCUT2D eigenvalue weighted by Gasteiger charge is -2.19. The summed E-state index contributed by atoms with van der Waals surface area (Å²) in [6, 6.07) is 0. The molecule has 1 aliphatic rings. The van der Waals surface area contributed by atoms with Gasteiger partial charge in [-0.1, -0.05) is 50.0 Å². The first kappa shape index (κ1) is 23.6. The van der Waals surface area contributed by atoms with Crippen molar-refractivity contribution in [3.05, 3.63) is 23.8 Å². The second-order valence-electron chi connectivity index (χ2n) is 8.14. The molecule has 27 heavy (non-hydrogen) atoms. The summed E-state index contributed by atoms with van der Waals surface area (Å²) in [7, 11) is 0. The Labute approximate surface area is 163 Å². The van der Waals surface area contributed by atoms with E-state index in [0.717, 1.165) is 25.7 Å². The van der Waals surface area contributed by atoms with Gasteiger partial charge in [-0.25, -0.2) is 0 Å². The zero-order chi connectivity index (χ0) is 20.4. The lowest BCUT2D eigenvalue weighted by molar-refractivity contribution is -0.137. The van der Waals surface area contributed by atoms with Crippen LogP contribution >= 0.6 is 0 Å². The number of rotatable bonds is 12. The lowest BCUT2D eigenvalue weighted by atomic mass is 9.88. The summed E-state index contributed by atoms with van der Waals surface area (Å²) in [5, 5.41) is 29.2. The molecule has 5 heteroatoms. The molecule has 0 aromatic rings. The lowest BCUT2D eigenvalue weighted by Crippen LogP contribution is -2.20. The minimum Gasteiger partial charge on any atom is -0.481 e. The number of aliphatic hydroxyl groups excluding tert-OH is 2. The maximum Gasteiger partial charge on any atom is 0.303 e. The van der Waals surface area contributed by atoms with Gasteiger partial charge < -0.3 is 15.3 Å². The number of carbonyl (C=O) groups excluding carboxylic acids is 1. The van der Waals surface area contributed by atoms with Gasteiger partial charge in [0, 0.05) is 24.7 Å². The van der Waals surface area contributed by atoms with E-state index in [9.17, 15) is 19.8 Å². The molecule has 0 radical (unpaired) electrons. The molecular weight excluding hydrogens is 344 g/mol. The van der Waals surface area contributed by atoms with Crippen molar-refractivity contribution in [2.24, 2.45) is 17.8 Å². The fourth-order valence-corrected chi connectivity index (χ4v) is 3.58. The molecule has 5 nitrogen and oxygen atoms in total. The van der Waals surface area contributed by atoms with Gasteiger partial charge in [0.15, 0.2) is 0 Å². The predicted octanol–water partition coefficient (Wildman–Crippen LogP) is 3.89. The fourth-order valence-electron chi connectivity index (χ4n) is 3.58. The van der Waals surface area contributed by atoms with Crippen molar-refractivity contribution >= 4 is 11.8 Å². The summed E-state index contributed by atoms with van der Waals surface area (Å²) in [6.07, 6.45) is 9.52. The third-order valence-corrected chi connectivity index (χ3v) is 5.40. The molecule has 5 atom stereocenters. The van der Waals surface area contributed by atoms with Gasteiger partial charge in [-0.2, -0.15) is 0 Å². The third kappa shape index (κ3) is 8.85. The Hall–Kier alpha value is -1.46. The summed E-state index contributed by atoms with van der Waals surface area (Å²) in [4.78, 5) is 22.7. The first-order chi connectivity index (χ1) is 12.7. The molecular formula is C22H36O5. The van der Waals surface area contributed by atoms with Crippen molar-refractivity contribution in [2.75, 3.05) is 0 Å². The van der Waals surface area contributed by atoms with E-state index in [1.54, 1.807) is 6.08 Å². The van der Waals surface area contributed by atoms with Gasteiger partial charge in [0.1, 0.15) is 5.78 Å². The van der Waals surface area contributed by atoms with Gasteiger partial charge in [-0.15, -0.1) is 0 Å². The number of aliphatic hydroxyl groups is 2. The summed E-state index contributed by atoms with van der Waals surface area (Å²) >= 11 is 0. The largest absolute Gasteiger partial charge is 0.481 e. The Balaban J connectivity index is 2.51. The topological polar surface area (TPSA) is 94.8 Å². The standard InChI is InChI=1S/C22H36O5/c1-15(2)10-11-16(3)19(23)13-12-18-17(20(24)14-21(18)25)8-6-4-5-7-9-22(26)27/h10,12-13,16-19,21,23,25H,4-9,11,14H2,1-3H3,(H,26,27)/b13-12+/t16?,17-,18-,19?,21-/m1/s1. The molecule has 3 N–H and O–H groups in total. The summed E-state index contributed by atoms with van der Waals surface area (Å²) in [6.45, 7) is 6.04. The first-order valence-corrected chi connectivity index (χ1v) is 10.1. The van der Waals surface area contributed by atoms with Gasteiger partial charge in [0.25, 0.3) is 0 Å². The second-order valence-corrected chi connectivity index (χ2v) is 8.14. The molecule has 2 unspecified atom stereocenters. The number of carboxylic acids is 1. The summed E-state index contributed by atoms with van der Waals surface area (Å²) < 4.78 is 0. The average molecular weight is 381 g/mol. The van der Waals surface area contributed by atoms with E-state index in [4.69, 9.17) is 5.11 Å². The maximum atomic E-state index is 12.2. The molecule has 1 saturated carbocycles. The molecule has 0 amide bonds. The number of unbranched alkanes of at least 4 members (excludes halogenated alkanes) is 3. The molecule has 0 spiro atoms. The van der Waals surface area contributed by atoms with Crippen LogP contribution in [0.15, 0.2) is 23.8 Å². The molecule has 0 saturated heterocycles. The van der Waals surface area contributed by atoms with Crippen molar-refractivity contribution in [2.45, 2.75) is 84.3 Å². The molecule has 0 aromatic carbocycles. The van der Waals surface area contributed by atoms with Crippen molar-refractivity contribution in [3.8, 4) is 0 Å². The Morgan fingerprint density at radius 2 is 1.89 bits per heavy atom. The highest BCUT2D eigenvalue weighted by atomic mass is 16.4. The van der Waals surface area contributed by atoms with Crippen LogP contribution in [0.2, 0.25) is 0 Å². The van der Waals surface area contributed by atoms with Crippen LogP contribution in [-0.4, -0.2) is 39.3 Å². The fraction of sp³-hybridized carbons (Fsp3) is 0.727. The zero-order valence-corrected chi connectivity index (χ0v) is 16.9. The van der Waals surface area contributed by atoms with Crippen LogP contribution in [0.4, 0.5) is 0 Å². The number of allylic oxidation sites excluding steroid dienone is 2. The highest BCUT2D eigenvalue weighted by molar-refractivity contribution is 5.84. The summed E-state index contributed by atoms with van der Waals surface area (Å²) in [5.41, 5.74) is 1.22. The number of carboxylic acid groups (broad SMARTS) is 1. The van der Waals surface area contributed by atoms with Crippen molar-refractivity contribution in [1.29, 1.82) is 0 Å². The van der Waals surface area contributed by atoms with Gasteiger partial charge in [-0.3, -0.25) is 9.59 Å². The smallest absolute Gasteiger partial charge is 0.303 e. The molecule has 0 aromatic heterocycles. The SMILES string of the molecule is CC(C)=CCC(C)C(O)/C=C/[C@H]1[C@H](O)CC(=O)[C@@H]1CCCCCCC(=O)O. The maximum absolute atomic E-state index is 12.2. The van der Waals surface area contributed by atoms with E-state index in [-0.39, 0.29) is 36.4 Å². The van der Waals surface area contributed by atoms with E-state index < -0.39 is 18.2 Å². The third-order valence-electron chi connectivity index (χ3n) is 5.40. The van der Waals surface area contributed by atoms with E-state index in [0.29, 0.717) is 12.8 Å². The van der Waals surface area contributed by atoms with Crippen LogP contribution < -0.4 is 0 Å². The van der Waals surface area contributed by atoms with Crippen LogP contribution in [0.1, 0.15) is 72.1 Å². The highest BCUT2D eigenvalue weighted by Gasteiger charge is 2.39. The van der Waals surface area contributed by atoms with Gasteiger partial charge in [0.2, 0.25) is 0 Å². The number of aliphatic carboxylic acids is 1. The summed E-state index contributed by atoms with van der Waals surface area (Å²) in [5.74, 6) is -1.03. The average Bonchev–Trinajstić information content (AvgIpc) is 2.86. The van der Waals surface area contributed by atoms with E-state index in [1.165, 1.54) is 5.57 Å². The number of Topliss-reactive ketones (excluding diaryl/α,β-unsaturated/α-hetero) is 1. The second kappa shape index (κ2) is 12.1. The number of ketones is 1. The predicted molar refractivity (Wildman–Crippen MR) is 106 cm³/mol. The highest BCUT2D eigenvalue weighted by Crippen LogP contribution is 2.34. The zero-order valence-electron chi connectivity index (χ0n) is 16.9. The minimum absolute atomic E-state index is 0.0816. The van der Waals surface area contributed by atoms with Crippen molar-refractivity contribution in [3.63, 3.8) is 0 Å². The Morgan fingerprint density at radius 1 is 1.22 bits per heavy atom. The molecule has 1 rings (SSSR count). The van der Waals surface area contributed by atoms with E-state index in [2.05, 4.69) is 6.08 Å². The van der Waals surface area contributed by atoms with Crippen molar-refractivity contribution in [1.82, 2.24) is 0 Å². The van der Waals surface area contributed by atoms with Gasteiger partial charge in [-0.05, 0) is 39.0 Å². The van der Waals surface area contributed by atoms with Crippen LogP contribution in [0.5, 0.6) is 0 Å². The molecule has 0 heterocycles. The Bertz CT molecular complexity index is 533. The monoisotopic (exact) mass is 380 g/mol. The molecule has 154 valence electrons. The quantitative estimate of drug-likeness (QED) is 0.353. The molecule has 0 aliphatic heterocycles. The van der Waals surface area contributed by atoms with E-state index in [1.807, 2.05) is 26.8 Å². The normalized spacial score (nSPS) is 24.9. The van der Waals surface area contributed by atoms with Crippen LogP contribution in [0, 0.1) is 17.8 Å². The molecule has 0 bridgehead atoms. The van der Waals surface area contributed by atoms with Crippen LogP contribution in [0.3, 0.4) is 0 Å². The van der Waals surface area contributed by atoms with Gasteiger partial charge >= 0.3 is 5.97 Å². The van der Waals surface area contributed by atoms with E-state index >= 15 is 0 Å². The van der Waals surface area contributed by atoms with Crippen molar-refractivity contribution < 1.29 is 24.9 Å². The number of hydrogen-bond donors (Lipinski definition) is 3. The Morgan fingerprint density at radius 3 is 2.52 bits per heavy atom. The van der Waals surface area contributed by atoms with Gasteiger partial charge in [0.05, 0.1) is 12.2 Å². The van der Waals surface area contributed by atoms with Crippen LogP contribution in [0.25, 0.3) is 0 Å². The number of hydrogen-bond acceptors (Lipinski definition) is 4. The molecule has 1 aliphatic carbocycles. The Kier molecular flexibility index (Phi) is 10.6. The number of carbonyl (C=O) groups is 2. The first-order valence-electron chi connectivity index (χ1n) is 10.1. The minimum atomic E-state index is -0.772. The van der Waals surface area contributed by atoms with Crippen LogP contribution in [-0.2, 0) is 9.59 Å².